The van der Waals surface area contributed by atoms with Gasteiger partial charge in [0.1, 0.15) is 11.2 Å². The molecule has 10 nitrogen and oxygen atoms in total. The third kappa shape index (κ3) is 7.59. The third-order valence-corrected chi connectivity index (χ3v) is 4.81. The topological polar surface area (TPSA) is 129 Å². The maximum Gasteiger partial charge on any atom is 0.408 e. The molecule has 0 heterocycles. The van der Waals surface area contributed by atoms with E-state index in [4.69, 9.17) is 18.9 Å². The number of esters is 2. The molecule has 2 aromatic carbocycles. The van der Waals surface area contributed by atoms with E-state index < -0.39 is 47.4 Å². The first-order valence-corrected chi connectivity index (χ1v) is 11.3. The van der Waals surface area contributed by atoms with E-state index in [1.54, 1.807) is 77.9 Å². The second-order valence-electron chi connectivity index (χ2n) is 9.99. The number of benzene rings is 2. The van der Waals surface area contributed by atoms with Crippen molar-refractivity contribution in [2.24, 2.45) is 0 Å². The summed E-state index contributed by atoms with van der Waals surface area (Å²) in [5.74, 6) is -1.43. The number of amides is 2. The van der Waals surface area contributed by atoms with Gasteiger partial charge in [0.2, 0.25) is 0 Å². The third-order valence-electron chi connectivity index (χ3n) is 4.81. The highest BCUT2D eigenvalue weighted by atomic mass is 16.6. The summed E-state index contributed by atoms with van der Waals surface area (Å²) in [5.41, 5.74) is -0.740. The van der Waals surface area contributed by atoms with Crippen molar-refractivity contribution in [2.45, 2.75) is 64.8 Å². The van der Waals surface area contributed by atoms with Gasteiger partial charge in [-0.05, 0) is 63.4 Å². The summed E-state index contributed by atoms with van der Waals surface area (Å²) in [5, 5.41) is 6.20. The molecule has 2 N–H and O–H groups in total. The number of hydrogen-bond acceptors (Lipinski definition) is 8. The molecule has 2 atom stereocenters. The molecular formula is C26H34N2O8. The van der Waals surface area contributed by atoms with Gasteiger partial charge < -0.3 is 29.6 Å². The van der Waals surface area contributed by atoms with Gasteiger partial charge in [0.05, 0.1) is 14.2 Å². The van der Waals surface area contributed by atoms with Crippen molar-refractivity contribution in [3.63, 3.8) is 0 Å². The van der Waals surface area contributed by atoms with Gasteiger partial charge in [0.25, 0.3) is 0 Å². The molecule has 0 aliphatic heterocycles. The Kier molecular flexibility index (Phi) is 8.90. The number of fused-ring (bicyclic) bond motifs is 1. The Morgan fingerprint density at radius 3 is 1.25 bits per heavy atom. The van der Waals surface area contributed by atoms with Gasteiger partial charge in [-0.2, -0.15) is 0 Å². The Labute approximate surface area is 210 Å². The van der Waals surface area contributed by atoms with Gasteiger partial charge in [-0.25, -0.2) is 19.2 Å². The number of ether oxygens (including phenoxy) is 4. The van der Waals surface area contributed by atoms with Gasteiger partial charge in [-0.1, -0.05) is 36.4 Å². The molecule has 0 saturated heterocycles. The molecule has 0 fully saturated rings. The first-order chi connectivity index (χ1) is 16.7. The Morgan fingerprint density at radius 2 is 0.972 bits per heavy atom. The largest absolute Gasteiger partial charge is 0.467 e. The molecule has 36 heavy (non-hydrogen) atoms. The first kappa shape index (κ1) is 28.4. The average Bonchev–Trinajstić information content (AvgIpc) is 2.77. The lowest BCUT2D eigenvalue weighted by Gasteiger charge is -2.25. The van der Waals surface area contributed by atoms with Crippen LogP contribution in [0, 0.1) is 0 Å². The summed E-state index contributed by atoms with van der Waals surface area (Å²) in [6.07, 6.45) is -1.60. The van der Waals surface area contributed by atoms with Gasteiger partial charge in [0, 0.05) is 0 Å². The van der Waals surface area contributed by atoms with Crippen molar-refractivity contribution < 1.29 is 38.1 Å². The smallest absolute Gasteiger partial charge is 0.408 e. The van der Waals surface area contributed by atoms with Gasteiger partial charge >= 0.3 is 24.1 Å². The van der Waals surface area contributed by atoms with Crippen molar-refractivity contribution in [3.05, 3.63) is 47.5 Å². The number of carbonyl (C=O) groups excluding carboxylic acids is 4. The molecule has 0 radical (unpaired) electrons. The molecule has 10 heteroatoms. The zero-order chi connectivity index (χ0) is 27.3. The highest BCUT2D eigenvalue weighted by Gasteiger charge is 2.31. The van der Waals surface area contributed by atoms with Gasteiger partial charge in [-0.3, -0.25) is 0 Å². The van der Waals surface area contributed by atoms with Crippen molar-refractivity contribution in [1.29, 1.82) is 0 Å². The Hall–Kier alpha value is -3.82. The van der Waals surface area contributed by atoms with Crippen LogP contribution in [0.3, 0.4) is 0 Å². The molecule has 2 unspecified atom stereocenters. The summed E-state index contributed by atoms with van der Waals surface area (Å²) in [7, 11) is 2.42. The van der Waals surface area contributed by atoms with Crippen LogP contribution in [0.4, 0.5) is 9.59 Å². The van der Waals surface area contributed by atoms with Crippen LogP contribution in [-0.4, -0.2) is 49.5 Å². The van der Waals surface area contributed by atoms with Crippen molar-refractivity contribution >= 4 is 34.9 Å². The summed E-state index contributed by atoms with van der Waals surface area (Å²) < 4.78 is 20.5. The van der Waals surface area contributed by atoms with E-state index in [9.17, 15) is 19.2 Å². The lowest BCUT2D eigenvalue weighted by molar-refractivity contribution is -0.144. The van der Waals surface area contributed by atoms with Crippen LogP contribution < -0.4 is 10.6 Å². The standard InChI is InChI=1S/C26H34N2O8/c1-25(2,3)35-23(31)27-19(21(29)33-7)17-13-9-12-16-15(17)11-10-14-18(16)20(22(30)34-8)28-24(32)36-26(4,5)6/h9-14,19-20H,1-8H3,(H,27,31)(H,28,32). The van der Waals surface area contributed by atoms with E-state index in [0.717, 1.165) is 0 Å². The molecule has 0 aliphatic carbocycles. The normalized spacial score (nSPS) is 13.2. The fraction of sp³-hybridized carbons (Fsp3) is 0.462. The number of carbonyl (C=O) groups is 4. The monoisotopic (exact) mass is 502 g/mol. The molecule has 0 bridgehead atoms. The van der Waals surface area contributed by atoms with Crippen molar-refractivity contribution in [1.82, 2.24) is 10.6 Å². The first-order valence-electron chi connectivity index (χ1n) is 11.3. The molecule has 196 valence electrons. The molecule has 2 aromatic rings. The van der Waals surface area contributed by atoms with E-state index in [1.807, 2.05) is 0 Å². The predicted octanol–water partition coefficient (Wildman–Crippen LogP) is 4.32. The van der Waals surface area contributed by atoms with Crippen LogP contribution >= 0.6 is 0 Å². The average molecular weight is 503 g/mol. The number of rotatable bonds is 6. The minimum Gasteiger partial charge on any atom is -0.467 e. The molecule has 0 aliphatic rings. The van der Waals surface area contributed by atoms with Gasteiger partial charge in [-0.15, -0.1) is 0 Å². The number of methoxy groups -OCH3 is 2. The quantitative estimate of drug-likeness (QED) is 0.441. The molecule has 0 saturated carbocycles. The zero-order valence-electron chi connectivity index (χ0n) is 21.9. The fourth-order valence-electron chi connectivity index (χ4n) is 3.48. The van der Waals surface area contributed by atoms with Crippen LogP contribution in [0.15, 0.2) is 36.4 Å². The van der Waals surface area contributed by atoms with E-state index in [2.05, 4.69) is 10.6 Å². The van der Waals surface area contributed by atoms with E-state index >= 15 is 0 Å². The van der Waals surface area contributed by atoms with Crippen molar-refractivity contribution in [2.75, 3.05) is 14.2 Å². The SMILES string of the molecule is COC(=O)C(NC(=O)OC(C)(C)C)c1cccc2c(C(NC(=O)OC(C)(C)C)C(=O)OC)cccc12. The zero-order valence-corrected chi connectivity index (χ0v) is 21.9. The van der Waals surface area contributed by atoms with E-state index in [1.165, 1.54) is 14.2 Å². The summed E-state index contributed by atoms with van der Waals surface area (Å²) in [4.78, 5) is 50.3. The van der Waals surface area contributed by atoms with Crippen LogP contribution in [0.5, 0.6) is 0 Å². The Bertz CT molecular complexity index is 1040. The highest BCUT2D eigenvalue weighted by Crippen LogP contribution is 2.31. The molecule has 2 rings (SSSR count). The summed E-state index contributed by atoms with van der Waals surface area (Å²) in [6, 6.07) is 7.69. The van der Waals surface area contributed by atoms with E-state index in [-0.39, 0.29) is 0 Å². The number of alkyl carbamates (subject to hydrolysis) is 2. The molecule has 0 aromatic heterocycles. The van der Waals surface area contributed by atoms with Crippen LogP contribution in [0.25, 0.3) is 10.8 Å². The van der Waals surface area contributed by atoms with Crippen LogP contribution in [-0.2, 0) is 28.5 Å². The highest BCUT2D eigenvalue weighted by molar-refractivity contribution is 5.97. The Morgan fingerprint density at radius 1 is 0.639 bits per heavy atom. The van der Waals surface area contributed by atoms with Crippen LogP contribution in [0.2, 0.25) is 0 Å². The maximum atomic E-state index is 12.7. The number of hydrogen-bond donors (Lipinski definition) is 2. The van der Waals surface area contributed by atoms with Crippen LogP contribution in [0.1, 0.15) is 64.8 Å². The predicted molar refractivity (Wildman–Crippen MR) is 132 cm³/mol. The maximum absolute atomic E-state index is 12.7. The molecule has 2 amide bonds. The van der Waals surface area contributed by atoms with Crippen molar-refractivity contribution in [3.8, 4) is 0 Å². The summed E-state index contributed by atoms with van der Waals surface area (Å²) >= 11 is 0. The summed E-state index contributed by atoms with van der Waals surface area (Å²) in [6.45, 7) is 10.2. The second kappa shape index (κ2) is 11.3. The lowest BCUT2D eigenvalue weighted by atomic mass is 9.93. The molecule has 0 spiro atoms. The Balaban J connectivity index is 2.58. The fourth-order valence-corrected chi connectivity index (χ4v) is 3.48. The van der Waals surface area contributed by atoms with E-state index in [0.29, 0.717) is 21.9 Å². The lowest BCUT2D eigenvalue weighted by Crippen LogP contribution is -2.39. The second-order valence-corrected chi connectivity index (χ2v) is 9.99. The number of nitrogens with one attached hydrogen (secondary N) is 2. The minimum absolute atomic E-state index is 0.410. The minimum atomic E-state index is -1.20. The molecular weight excluding hydrogens is 468 g/mol. The van der Waals surface area contributed by atoms with Gasteiger partial charge in [0.15, 0.2) is 12.1 Å².